The molecule has 5 aliphatic carbocycles. The average molecular weight is 443 g/mol. The molecule has 32 heavy (non-hydrogen) atoms. The molecule has 0 aromatic heterocycles. The van der Waals surface area contributed by atoms with Crippen LogP contribution >= 0.6 is 0 Å². The number of hydrogen-bond acceptors (Lipinski definition) is 3. The lowest BCUT2D eigenvalue weighted by atomic mass is 9.32. The molecule has 5 fully saturated rings. The van der Waals surface area contributed by atoms with Gasteiger partial charge in [0.1, 0.15) is 5.78 Å². The van der Waals surface area contributed by atoms with E-state index >= 15 is 0 Å². The normalized spacial score (nSPS) is 56.6. The monoisotopic (exact) mass is 442 g/mol. The second kappa shape index (κ2) is 6.72. The molecule has 3 heteroatoms. The van der Waals surface area contributed by atoms with Gasteiger partial charge in [0.15, 0.2) is 0 Å². The minimum Gasteiger partial charge on any atom is -0.393 e. The zero-order chi connectivity index (χ0) is 23.5. The first-order valence-corrected chi connectivity index (χ1v) is 13.3. The zero-order valence-electron chi connectivity index (χ0n) is 21.3. The van der Waals surface area contributed by atoms with Crippen molar-refractivity contribution in [2.75, 3.05) is 0 Å². The van der Waals surface area contributed by atoms with Crippen molar-refractivity contribution in [3.63, 3.8) is 0 Å². The summed E-state index contributed by atoms with van der Waals surface area (Å²) in [6.45, 7) is 18.0. The lowest BCUT2D eigenvalue weighted by Gasteiger charge is -2.71. The number of Topliss-reactive ketones (excluding diaryl/α,β-unsaturated/α-hetero) is 1. The van der Waals surface area contributed by atoms with Gasteiger partial charge in [-0.15, -0.1) is 0 Å². The number of carbonyl (C=O) groups excluding carboxylic acids is 1. The Morgan fingerprint density at radius 1 is 0.906 bits per heavy atom. The van der Waals surface area contributed by atoms with Crippen molar-refractivity contribution in [2.24, 2.45) is 51.2 Å². The van der Waals surface area contributed by atoms with Crippen LogP contribution in [0, 0.1) is 51.2 Å². The van der Waals surface area contributed by atoms with Crippen LogP contribution in [-0.4, -0.2) is 27.7 Å². The van der Waals surface area contributed by atoms with Crippen molar-refractivity contribution < 1.29 is 15.0 Å². The molecule has 0 aromatic rings. The lowest BCUT2D eigenvalue weighted by molar-refractivity contribution is -0.238. The summed E-state index contributed by atoms with van der Waals surface area (Å²) < 4.78 is 0. The summed E-state index contributed by atoms with van der Waals surface area (Å²) in [4.78, 5) is 14.1. The van der Waals surface area contributed by atoms with Crippen LogP contribution in [0.3, 0.4) is 0 Å². The maximum absolute atomic E-state index is 14.1. The fourth-order valence-corrected chi connectivity index (χ4v) is 10.8. The van der Waals surface area contributed by atoms with Crippen molar-refractivity contribution in [3.05, 3.63) is 12.2 Å². The van der Waals surface area contributed by atoms with E-state index in [1.165, 1.54) is 0 Å². The van der Waals surface area contributed by atoms with Gasteiger partial charge in [0, 0.05) is 18.3 Å². The molecule has 0 bridgehead atoms. The van der Waals surface area contributed by atoms with Gasteiger partial charge >= 0.3 is 0 Å². The highest BCUT2D eigenvalue weighted by Gasteiger charge is 2.72. The molecule has 0 aliphatic heterocycles. The quantitative estimate of drug-likeness (QED) is 0.495. The molecule has 0 radical (unpaired) electrons. The van der Waals surface area contributed by atoms with Crippen LogP contribution in [0.2, 0.25) is 0 Å². The third-order valence-electron chi connectivity index (χ3n) is 12.9. The van der Waals surface area contributed by atoms with E-state index in [4.69, 9.17) is 0 Å². The van der Waals surface area contributed by atoms with Crippen molar-refractivity contribution in [2.45, 2.75) is 111 Å². The SMILES string of the molecule is C=C(C)C1(O)CCC2CCC3(C)C(C(=O)CC4C5(C)CCC(O)C(C)(C)C5CCC43C)C21. The molecule has 0 aromatic carbocycles. The van der Waals surface area contributed by atoms with E-state index in [0.29, 0.717) is 30.0 Å². The number of carbonyl (C=O) groups is 1. The van der Waals surface area contributed by atoms with Crippen molar-refractivity contribution in [1.82, 2.24) is 0 Å². The summed E-state index contributed by atoms with van der Waals surface area (Å²) in [6.07, 6.45) is 8.60. The summed E-state index contributed by atoms with van der Waals surface area (Å²) in [7, 11) is 0. The van der Waals surface area contributed by atoms with Crippen LogP contribution in [0.25, 0.3) is 0 Å². The predicted octanol–water partition coefficient (Wildman–Crippen LogP) is 5.93. The summed E-state index contributed by atoms with van der Waals surface area (Å²) in [5.74, 6) is 1.69. The molecule has 0 spiro atoms. The summed E-state index contributed by atoms with van der Waals surface area (Å²) in [6, 6.07) is 0. The van der Waals surface area contributed by atoms with Crippen LogP contribution in [0.5, 0.6) is 0 Å². The van der Waals surface area contributed by atoms with Crippen LogP contribution in [0.15, 0.2) is 12.2 Å². The van der Waals surface area contributed by atoms with E-state index in [9.17, 15) is 15.0 Å². The van der Waals surface area contributed by atoms with E-state index < -0.39 is 5.60 Å². The van der Waals surface area contributed by atoms with E-state index in [2.05, 4.69) is 41.2 Å². The highest BCUT2D eigenvalue weighted by atomic mass is 16.3. The van der Waals surface area contributed by atoms with Crippen LogP contribution in [0.1, 0.15) is 99.3 Å². The van der Waals surface area contributed by atoms with Crippen molar-refractivity contribution in [3.8, 4) is 0 Å². The Hall–Kier alpha value is -0.670. The Morgan fingerprint density at radius 3 is 2.19 bits per heavy atom. The zero-order valence-corrected chi connectivity index (χ0v) is 21.3. The summed E-state index contributed by atoms with van der Waals surface area (Å²) in [5, 5.41) is 22.6. The molecule has 10 atom stereocenters. The predicted molar refractivity (Wildman–Crippen MR) is 128 cm³/mol. The third kappa shape index (κ3) is 2.54. The van der Waals surface area contributed by atoms with E-state index in [1.807, 2.05) is 6.92 Å². The minimum atomic E-state index is -0.881. The highest BCUT2D eigenvalue weighted by molar-refractivity contribution is 5.84. The van der Waals surface area contributed by atoms with Gasteiger partial charge in [-0.3, -0.25) is 4.79 Å². The van der Waals surface area contributed by atoms with Gasteiger partial charge in [-0.05, 0) is 103 Å². The first-order chi connectivity index (χ1) is 14.7. The Morgan fingerprint density at radius 2 is 1.53 bits per heavy atom. The second-order valence-electron chi connectivity index (χ2n) is 14.1. The second-order valence-corrected chi connectivity index (χ2v) is 14.1. The number of aliphatic hydroxyl groups excluding tert-OH is 1. The maximum Gasteiger partial charge on any atom is 0.137 e. The lowest BCUT2D eigenvalue weighted by Crippen LogP contribution is -2.68. The number of rotatable bonds is 1. The van der Waals surface area contributed by atoms with Crippen molar-refractivity contribution >= 4 is 5.78 Å². The Bertz CT molecular complexity index is 845. The molecule has 5 aliphatic rings. The fraction of sp³-hybridized carbons (Fsp3) is 0.897. The Labute approximate surface area is 195 Å². The molecule has 5 rings (SSSR count). The average Bonchev–Trinajstić information content (AvgIpc) is 3.05. The molecule has 10 unspecified atom stereocenters. The molecule has 0 amide bonds. The molecule has 180 valence electrons. The molecule has 5 saturated carbocycles. The largest absolute Gasteiger partial charge is 0.393 e. The molecular weight excluding hydrogens is 396 g/mol. The van der Waals surface area contributed by atoms with Gasteiger partial charge in [-0.2, -0.15) is 0 Å². The smallest absolute Gasteiger partial charge is 0.137 e. The Kier molecular flexibility index (Phi) is 4.85. The topological polar surface area (TPSA) is 57.5 Å². The van der Waals surface area contributed by atoms with E-state index in [1.54, 1.807) is 0 Å². The number of ketones is 1. The Balaban J connectivity index is 1.59. The highest BCUT2D eigenvalue weighted by Crippen LogP contribution is 2.75. The van der Waals surface area contributed by atoms with Crippen LogP contribution < -0.4 is 0 Å². The molecule has 2 N–H and O–H groups in total. The first kappa shape index (κ1) is 23.1. The van der Waals surface area contributed by atoms with Gasteiger partial charge in [-0.1, -0.05) is 41.2 Å². The van der Waals surface area contributed by atoms with Crippen molar-refractivity contribution in [1.29, 1.82) is 0 Å². The standard InChI is InChI=1S/C29H46O3/c1-17(2)29(32)15-9-18-8-13-28(7)24(23(18)29)19(30)16-21-26(5)12-11-22(31)25(3,4)20(26)10-14-27(21,28)6/h18,20-24,31-32H,1,8-16H2,2-7H3. The molecular formula is C29H46O3. The van der Waals surface area contributed by atoms with Gasteiger partial charge in [0.25, 0.3) is 0 Å². The number of fused-ring (bicyclic) bond motifs is 7. The maximum atomic E-state index is 14.1. The molecule has 0 heterocycles. The fourth-order valence-electron chi connectivity index (χ4n) is 10.8. The number of hydrogen-bond donors (Lipinski definition) is 2. The summed E-state index contributed by atoms with van der Waals surface area (Å²) >= 11 is 0. The minimum absolute atomic E-state index is 0.0409. The molecule has 3 nitrogen and oxygen atoms in total. The first-order valence-electron chi connectivity index (χ1n) is 13.3. The van der Waals surface area contributed by atoms with Crippen LogP contribution in [0.4, 0.5) is 0 Å². The van der Waals surface area contributed by atoms with Crippen LogP contribution in [-0.2, 0) is 4.79 Å². The number of aliphatic hydroxyl groups is 2. The molecule has 0 saturated heterocycles. The third-order valence-corrected chi connectivity index (χ3v) is 12.9. The van der Waals surface area contributed by atoms with Gasteiger partial charge in [0.05, 0.1) is 11.7 Å². The van der Waals surface area contributed by atoms with E-state index in [-0.39, 0.29) is 39.6 Å². The van der Waals surface area contributed by atoms with E-state index in [0.717, 1.165) is 56.9 Å². The van der Waals surface area contributed by atoms with Gasteiger partial charge < -0.3 is 10.2 Å². The summed E-state index contributed by atoms with van der Waals surface area (Å²) in [5.41, 5.74) is -0.00867. The van der Waals surface area contributed by atoms with Gasteiger partial charge in [-0.25, -0.2) is 0 Å². The van der Waals surface area contributed by atoms with Gasteiger partial charge in [0.2, 0.25) is 0 Å².